The summed E-state index contributed by atoms with van der Waals surface area (Å²) in [5, 5.41) is 13.4. The van der Waals surface area contributed by atoms with Gasteiger partial charge in [0, 0.05) is 41.5 Å². The van der Waals surface area contributed by atoms with Crippen LogP contribution in [-0.2, 0) is 41.3 Å². The smallest absolute Gasteiger partial charge is 0.189 e. The van der Waals surface area contributed by atoms with E-state index < -0.39 is 0 Å². The second-order valence-electron chi connectivity index (χ2n) is 4.79. The van der Waals surface area contributed by atoms with Crippen LogP contribution in [0.4, 0.5) is 0 Å². The number of thiocyanates is 1. The third kappa shape index (κ3) is 8.92. The molecule has 5 nitrogen and oxygen atoms in total. The van der Waals surface area contributed by atoms with Crippen molar-refractivity contribution in [1.29, 1.82) is 5.26 Å². The summed E-state index contributed by atoms with van der Waals surface area (Å²) in [6, 6.07) is 5.77. The molecule has 1 aliphatic rings. The largest absolute Gasteiger partial charge is 0.696 e. The molecule has 8 heteroatoms. The van der Waals surface area contributed by atoms with Crippen molar-refractivity contribution < 1.29 is 16.5 Å². The third-order valence-electron chi connectivity index (χ3n) is 3.21. The summed E-state index contributed by atoms with van der Waals surface area (Å²) < 4.78 is 0. The van der Waals surface area contributed by atoms with Crippen molar-refractivity contribution in [2.24, 2.45) is 5.10 Å². The van der Waals surface area contributed by atoms with Crippen LogP contribution in [0.3, 0.4) is 0 Å². The summed E-state index contributed by atoms with van der Waals surface area (Å²) >= 11 is 8.16. The fourth-order valence-electron chi connectivity index (χ4n) is 2.08. The molecule has 0 unspecified atom stereocenters. The van der Waals surface area contributed by atoms with Gasteiger partial charge in [-0.3, -0.25) is 4.98 Å². The van der Waals surface area contributed by atoms with Gasteiger partial charge in [-0.15, -0.1) is 0 Å². The molecule has 1 aromatic rings. The van der Waals surface area contributed by atoms with Gasteiger partial charge in [-0.05, 0) is 31.9 Å². The van der Waals surface area contributed by atoms with Crippen molar-refractivity contribution in [3.05, 3.63) is 35.5 Å². The van der Waals surface area contributed by atoms with Crippen LogP contribution in [0.2, 0.25) is 0 Å². The molecule has 0 N–H and O–H groups in total. The van der Waals surface area contributed by atoms with Gasteiger partial charge >= 0.3 is 0 Å². The molecule has 2 rings (SSSR count). The van der Waals surface area contributed by atoms with Gasteiger partial charge in [0.2, 0.25) is 0 Å². The van der Waals surface area contributed by atoms with Crippen LogP contribution < -0.4 is 0 Å². The van der Waals surface area contributed by atoms with Crippen LogP contribution in [0.5, 0.6) is 0 Å². The average molecular weight is 393 g/mol. The Labute approximate surface area is 158 Å². The maximum absolute atomic E-state index is 7.13. The maximum Gasteiger partial charge on any atom is 0.189 e. The topological polar surface area (TPSA) is 66.4 Å². The van der Waals surface area contributed by atoms with Crippen LogP contribution in [0.15, 0.2) is 29.5 Å². The van der Waals surface area contributed by atoms with Gasteiger partial charge in [0.25, 0.3) is 0 Å². The van der Waals surface area contributed by atoms with E-state index in [-0.39, 0.29) is 16.5 Å². The quantitative estimate of drug-likeness (QED) is 0.113. The van der Waals surface area contributed by atoms with E-state index in [0.29, 0.717) is 5.11 Å². The zero-order valence-corrected chi connectivity index (χ0v) is 15.7. The Kier molecular flexibility index (Phi) is 12.7. The van der Waals surface area contributed by atoms with Crippen molar-refractivity contribution in [3.63, 3.8) is 0 Å². The maximum atomic E-state index is 7.13. The summed E-state index contributed by atoms with van der Waals surface area (Å²) in [6.07, 6.45) is 6.78. The van der Waals surface area contributed by atoms with Gasteiger partial charge in [-0.2, -0.15) is 0 Å². The molecule has 23 heavy (non-hydrogen) atoms. The van der Waals surface area contributed by atoms with Crippen LogP contribution in [0.25, 0.3) is 5.43 Å². The van der Waals surface area contributed by atoms with E-state index in [1.807, 2.05) is 25.1 Å². The minimum Gasteiger partial charge on any atom is -0.696 e. The number of likely N-dealkylation sites (tertiary alicyclic amines) is 1. The predicted octanol–water partition coefficient (Wildman–Crippen LogP) is 2.43. The second kappa shape index (κ2) is 13.3. The predicted molar refractivity (Wildman–Crippen MR) is 96.6 cm³/mol. The van der Waals surface area contributed by atoms with Gasteiger partial charge in [-0.1, -0.05) is 24.3 Å². The first-order valence-corrected chi connectivity index (χ1v) is 8.03. The summed E-state index contributed by atoms with van der Waals surface area (Å²) in [6.45, 7) is 3.97. The number of nitriles is 1. The van der Waals surface area contributed by atoms with Gasteiger partial charge < -0.3 is 23.2 Å². The van der Waals surface area contributed by atoms with Gasteiger partial charge in [0.1, 0.15) is 0 Å². The molecule has 1 aromatic heterocycles. The summed E-state index contributed by atoms with van der Waals surface area (Å²) in [5.74, 6) is 0. The monoisotopic (exact) mass is 392 g/mol. The summed E-state index contributed by atoms with van der Waals surface area (Å²) in [5.41, 5.74) is 5.88. The average Bonchev–Trinajstić information content (AvgIpc) is 2.83. The zero-order chi connectivity index (χ0) is 16.2. The Morgan fingerprint density at radius 2 is 1.96 bits per heavy atom. The fourth-order valence-corrected chi connectivity index (χ4v) is 2.33. The van der Waals surface area contributed by atoms with E-state index in [1.165, 1.54) is 31.1 Å². The van der Waals surface area contributed by atoms with Gasteiger partial charge in [0.05, 0.1) is 5.69 Å². The Hall–Kier alpha value is -1.13. The molecule has 0 aliphatic carbocycles. The first-order valence-electron chi connectivity index (χ1n) is 7.18. The Balaban J connectivity index is 0.00000112. The van der Waals surface area contributed by atoms with Crippen molar-refractivity contribution in [1.82, 2.24) is 9.88 Å². The first kappa shape index (κ1) is 21.9. The molecular weight excluding hydrogens is 373 g/mol. The van der Waals surface area contributed by atoms with Crippen LogP contribution >= 0.6 is 0 Å². The molecule has 1 fully saturated rings. The molecule has 128 valence electrons. The summed E-state index contributed by atoms with van der Waals surface area (Å²) in [7, 11) is 0. The van der Waals surface area contributed by atoms with Crippen molar-refractivity contribution in [3.8, 4) is 5.40 Å². The zero-order valence-electron chi connectivity index (χ0n) is 13.0. The van der Waals surface area contributed by atoms with E-state index in [1.54, 1.807) is 6.20 Å². The van der Waals surface area contributed by atoms with Crippen molar-refractivity contribution in [2.45, 2.75) is 32.6 Å². The molecule has 1 saturated heterocycles. The molecular formula is C15H20N5NiS2-. The standard InChI is InChI=1S/C14H20N4S.CHNS.Ni/c1-12(13-8-4-5-9-15-13)16-17-14(19)18-10-6-2-3-7-11-18;2-1-3;/h4-5,8-9H,2-3,6-7,10-11H2,1H3,(H,15,17,19);3H;/p-1. The van der Waals surface area contributed by atoms with Gasteiger partial charge in [0.15, 0.2) is 17.3 Å². The Bertz CT molecular complexity index is 522. The molecule has 0 saturated carbocycles. The first-order chi connectivity index (χ1) is 10.7. The van der Waals surface area contributed by atoms with Crippen LogP contribution in [0, 0.1) is 10.7 Å². The number of nitrogens with zero attached hydrogens (tertiary/aromatic N) is 5. The number of thiol groups is 1. The fraction of sp³-hybridized carbons (Fsp3) is 0.467. The minimum absolute atomic E-state index is 0. The van der Waals surface area contributed by atoms with Crippen molar-refractivity contribution >= 4 is 35.7 Å². The van der Waals surface area contributed by atoms with E-state index in [4.69, 9.17) is 5.26 Å². The van der Waals surface area contributed by atoms with Crippen molar-refractivity contribution in [2.75, 3.05) is 13.1 Å². The number of aromatic nitrogens is 1. The third-order valence-corrected chi connectivity index (χ3v) is 3.59. The molecule has 0 amide bonds. The number of rotatable bonds is 2. The second-order valence-corrected chi connectivity index (χ2v) is 5.38. The van der Waals surface area contributed by atoms with E-state index in [0.717, 1.165) is 24.5 Å². The number of hydrogen-bond acceptors (Lipinski definition) is 4. The number of pyridine rings is 1. The molecule has 0 radical (unpaired) electrons. The van der Waals surface area contributed by atoms with E-state index in [2.05, 4.69) is 45.3 Å². The molecule has 0 spiro atoms. The molecule has 0 bridgehead atoms. The summed E-state index contributed by atoms with van der Waals surface area (Å²) in [4.78, 5) is 6.45. The molecule has 1 aliphatic heterocycles. The van der Waals surface area contributed by atoms with Gasteiger partial charge in [-0.25, -0.2) is 10.2 Å². The number of hydrogen-bond donors (Lipinski definition) is 0. The molecule has 0 atom stereocenters. The Morgan fingerprint density at radius 3 is 2.48 bits per heavy atom. The van der Waals surface area contributed by atoms with E-state index in [9.17, 15) is 0 Å². The van der Waals surface area contributed by atoms with Crippen LogP contribution in [0.1, 0.15) is 38.3 Å². The normalized spacial score (nSPS) is 15.0. The molecule has 2 heterocycles. The SMILES string of the molecule is CC(=N[N-]C(=[SH+])N1CCCCCC1)c1ccccn1.N#C[S-].[Ni]. The van der Waals surface area contributed by atoms with Crippen LogP contribution in [-0.4, -0.2) is 33.8 Å². The minimum atomic E-state index is 0. The Morgan fingerprint density at radius 1 is 1.35 bits per heavy atom. The molecule has 0 aromatic carbocycles. The van der Waals surface area contributed by atoms with E-state index >= 15 is 0 Å².